The molecule has 0 unspecified atom stereocenters. The van der Waals surface area contributed by atoms with E-state index in [1.807, 2.05) is 36.4 Å². The van der Waals surface area contributed by atoms with Crippen molar-refractivity contribution in [3.8, 4) is 5.75 Å². The predicted octanol–water partition coefficient (Wildman–Crippen LogP) is 0.514. The highest BCUT2D eigenvalue weighted by atomic mass is 31.2. The van der Waals surface area contributed by atoms with E-state index in [1.165, 1.54) is 5.56 Å². The van der Waals surface area contributed by atoms with Gasteiger partial charge in [-0.1, -0.05) is 48.5 Å². The average Bonchev–Trinajstić information content (AvgIpc) is 2.68. The van der Waals surface area contributed by atoms with E-state index >= 15 is 0 Å². The normalized spacial score (nSPS) is 10.6. The number of phenolic OH excluding ortho intramolecular Hbond substituents is 1. The van der Waals surface area contributed by atoms with Crippen LogP contribution in [0.3, 0.4) is 0 Å². The summed E-state index contributed by atoms with van der Waals surface area (Å²) >= 11 is 0. The number of aryl methyl sites for hydroxylation is 2. The maximum absolute atomic E-state index is 9.59. The van der Waals surface area contributed by atoms with Gasteiger partial charge in [0.05, 0.1) is 19.8 Å². The summed E-state index contributed by atoms with van der Waals surface area (Å²) in [6.45, 7) is 1.75. The Kier molecular flexibility index (Phi) is 15.9. The maximum atomic E-state index is 9.59. The molecule has 170 valence electrons. The summed E-state index contributed by atoms with van der Waals surface area (Å²) in [6, 6.07) is 17.8. The van der Waals surface area contributed by atoms with Crippen LogP contribution in [0.2, 0.25) is 0 Å². The minimum atomic E-state index is -4.64. The zero-order valence-corrected chi connectivity index (χ0v) is 17.7. The quantitative estimate of drug-likeness (QED) is 0.273. The Morgan fingerprint density at radius 2 is 1.13 bits per heavy atom. The molecule has 0 heterocycles. The Balaban J connectivity index is 0.000000486. The topological polar surface area (TPSA) is 162 Å². The molecule has 0 aliphatic carbocycles. The summed E-state index contributed by atoms with van der Waals surface area (Å²) in [6.07, 6.45) is 1.86. The number of hydrogen-bond acceptors (Lipinski definition) is 6. The van der Waals surface area contributed by atoms with Gasteiger partial charge in [-0.2, -0.15) is 0 Å². The van der Waals surface area contributed by atoms with Gasteiger partial charge in [-0.15, -0.1) is 0 Å². The zero-order valence-electron chi connectivity index (χ0n) is 16.8. The van der Waals surface area contributed by atoms with Gasteiger partial charge in [-0.05, 0) is 30.0 Å². The lowest BCUT2D eigenvalue weighted by molar-refractivity contribution is 0.136. The molecule has 9 nitrogen and oxygen atoms in total. The van der Waals surface area contributed by atoms with Crippen molar-refractivity contribution in [2.75, 3.05) is 39.5 Å². The molecule has 0 amide bonds. The molecule has 0 spiro atoms. The van der Waals surface area contributed by atoms with Crippen LogP contribution in [0.15, 0.2) is 54.6 Å². The fourth-order valence-corrected chi connectivity index (χ4v) is 2.41. The second-order valence-corrected chi connectivity index (χ2v) is 7.17. The highest BCUT2D eigenvalue weighted by Crippen LogP contribution is 2.25. The SMILES string of the molecule is O=P(O)(O)O.OCCN(CCO)CCO.Oc1ccccc1CCc1ccccc1. The van der Waals surface area contributed by atoms with E-state index in [0.29, 0.717) is 25.4 Å². The van der Waals surface area contributed by atoms with Gasteiger partial charge >= 0.3 is 7.82 Å². The van der Waals surface area contributed by atoms with Crippen LogP contribution in [0.5, 0.6) is 5.75 Å². The highest BCUT2D eigenvalue weighted by Gasteiger charge is 2.01. The van der Waals surface area contributed by atoms with Crippen molar-refractivity contribution >= 4 is 7.82 Å². The first kappa shape index (κ1) is 28.2. The molecule has 30 heavy (non-hydrogen) atoms. The molecule has 0 bridgehead atoms. The third-order valence-corrected chi connectivity index (χ3v) is 3.77. The number of phosphoric acid groups is 1. The van der Waals surface area contributed by atoms with Gasteiger partial charge in [0.15, 0.2) is 0 Å². The van der Waals surface area contributed by atoms with Gasteiger partial charge in [0.25, 0.3) is 0 Å². The molecule has 2 rings (SSSR count). The van der Waals surface area contributed by atoms with E-state index in [1.54, 1.807) is 11.0 Å². The number of rotatable bonds is 9. The van der Waals surface area contributed by atoms with Crippen molar-refractivity contribution in [3.63, 3.8) is 0 Å². The van der Waals surface area contributed by atoms with Crippen LogP contribution >= 0.6 is 7.82 Å². The van der Waals surface area contributed by atoms with Crippen LogP contribution < -0.4 is 0 Å². The van der Waals surface area contributed by atoms with Crippen molar-refractivity contribution in [3.05, 3.63) is 65.7 Å². The second kappa shape index (κ2) is 16.9. The van der Waals surface area contributed by atoms with Gasteiger partial charge in [-0.3, -0.25) is 4.90 Å². The molecule has 0 saturated carbocycles. The Morgan fingerprint density at radius 1 is 0.700 bits per heavy atom. The van der Waals surface area contributed by atoms with Crippen molar-refractivity contribution < 1.29 is 39.7 Å². The average molecular weight is 445 g/mol. The summed E-state index contributed by atoms with van der Waals surface area (Å²) in [5, 5.41) is 35.0. The number of nitrogens with zero attached hydrogens (tertiary/aromatic N) is 1. The number of aliphatic hydroxyl groups excluding tert-OH is 3. The number of aromatic hydroxyl groups is 1. The maximum Gasteiger partial charge on any atom is 0.466 e. The van der Waals surface area contributed by atoms with E-state index in [2.05, 4.69) is 12.1 Å². The Hall–Kier alpha value is -1.81. The minimum absolute atomic E-state index is 0.0694. The smallest absolute Gasteiger partial charge is 0.466 e. The largest absolute Gasteiger partial charge is 0.508 e. The molecule has 0 aromatic heterocycles. The Bertz CT molecular complexity index is 688. The lowest BCUT2D eigenvalue weighted by Crippen LogP contribution is -2.32. The molecule has 10 heteroatoms. The van der Waals surface area contributed by atoms with Gasteiger partial charge in [0.1, 0.15) is 5.75 Å². The number of benzene rings is 2. The first-order chi connectivity index (χ1) is 14.2. The first-order valence-corrected chi connectivity index (χ1v) is 10.9. The number of aliphatic hydroxyl groups is 3. The summed E-state index contributed by atoms with van der Waals surface area (Å²) in [5.41, 5.74) is 2.32. The molecule has 0 aliphatic heterocycles. The number of para-hydroxylation sites is 1. The van der Waals surface area contributed by atoms with E-state index in [-0.39, 0.29) is 19.8 Å². The second-order valence-electron chi connectivity index (χ2n) is 6.14. The van der Waals surface area contributed by atoms with E-state index in [4.69, 9.17) is 34.6 Å². The highest BCUT2D eigenvalue weighted by molar-refractivity contribution is 7.45. The van der Waals surface area contributed by atoms with Crippen LogP contribution in [-0.4, -0.2) is 79.5 Å². The van der Waals surface area contributed by atoms with Crippen molar-refractivity contribution in [1.29, 1.82) is 0 Å². The molecule has 0 aliphatic rings. The van der Waals surface area contributed by atoms with Gasteiger partial charge in [-0.25, -0.2) is 4.57 Å². The minimum Gasteiger partial charge on any atom is -0.508 e. The lowest BCUT2D eigenvalue weighted by atomic mass is 10.0. The summed E-state index contributed by atoms with van der Waals surface area (Å²) in [5.74, 6) is 0.397. The van der Waals surface area contributed by atoms with E-state index in [9.17, 15) is 5.11 Å². The summed E-state index contributed by atoms with van der Waals surface area (Å²) in [4.78, 5) is 23.4. The van der Waals surface area contributed by atoms with Gasteiger partial charge < -0.3 is 35.1 Å². The van der Waals surface area contributed by atoms with Gasteiger partial charge in [0.2, 0.25) is 0 Å². The summed E-state index contributed by atoms with van der Waals surface area (Å²) in [7, 11) is -4.64. The van der Waals surface area contributed by atoms with Crippen LogP contribution in [0.25, 0.3) is 0 Å². The van der Waals surface area contributed by atoms with E-state index in [0.717, 1.165) is 18.4 Å². The molecule has 0 radical (unpaired) electrons. The molecule has 0 atom stereocenters. The van der Waals surface area contributed by atoms with Crippen molar-refractivity contribution in [2.24, 2.45) is 0 Å². The fourth-order valence-electron chi connectivity index (χ4n) is 2.41. The third kappa shape index (κ3) is 17.1. The fraction of sp³-hybridized carbons (Fsp3) is 0.400. The molecule has 0 saturated heterocycles. The third-order valence-electron chi connectivity index (χ3n) is 3.77. The number of hydrogen-bond donors (Lipinski definition) is 7. The molecule has 0 fully saturated rings. The summed E-state index contributed by atoms with van der Waals surface area (Å²) < 4.78 is 8.88. The molecular weight excluding hydrogens is 413 g/mol. The monoisotopic (exact) mass is 445 g/mol. The molecular formula is C20H32NO8P. The Morgan fingerprint density at radius 3 is 1.57 bits per heavy atom. The van der Waals surface area contributed by atoms with Crippen LogP contribution in [0.1, 0.15) is 11.1 Å². The zero-order chi connectivity index (χ0) is 22.8. The standard InChI is InChI=1S/C14H14O.C6H15NO3.H3O4P/c15-14-9-5-4-8-13(14)11-10-12-6-2-1-3-7-12;8-4-1-7(2-5-9)3-6-10;1-5(2,3)4/h1-9,15H,10-11H2;8-10H,1-6H2;(H3,1,2,3,4). The van der Waals surface area contributed by atoms with Crippen molar-refractivity contribution in [2.45, 2.75) is 12.8 Å². The number of phenols is 1. The molecule has 7 N–H and O–H groups in total. The lowest BCUT2D eigenvalue weighted by Gasteiger charge is -2.17. The molecule has 2 aromatic rings. The van der Waals surface area contributed by atoms with Gasteiger partial charge in [0, 0.05) is 19.6 Å². The van der Waals surface area contributed by atoms with Crippen LogP contribution in [0, 0.1) is 0 Å². The predicted molar refractivity (Wildman–Crippen MR) is 114 cm³/mol. The molecule has 2 aromatic carbocycles. The Labute approximate surface area is 176 Å². The first-order valence-electron chi connectivity index (χ1n) is 9.35. The van der Waals surface area contributed by atoms with E-state index < -0.39 is 7.82 Å². The van der Waals surface area contributed by atoms with Crippen LogP contribution in [0.4, 0.5) is 0 Å². The van der Waals surface area contributed by atoms with Crippen molar-refractivity contribution in [1.82, 2.24) is 4.90 Å². The van der Waals surface area contributed by atoms with Crippen LogP contribution in [-0.2, 0) is 17.4 Å².